The minimum Gasteiger partial charge on any atom is -0.496 e. The Balaban J connectivity index is 1.74. The lowest BCUT2D eigenvalue weighted by Crippen LogP contribution is -2.14. The van der Waals surface area contributed by atoms with Gasteiger partial charge in [0.05, 0.1) is 12.0 Å². The zero-order chi connectivity index (χ0) is 19.4. The highest BCUT2D eigenvalue weighted by molar-refractivity contribution is 7.92. The monoisotopic (exact) mass is 384 g/mol. The molecule has 2 aromatic carbocycles. The van der Waals surface area contributed by atoms with E-state index in [1.165, 1.54) is 13.2 Å². The number of nitrogens with one attached hydrogen (secondary N) is 2. The van der Waals surface area contributed by atoms with Crippen molar-refractivity contribution >= 4 is 27.3 Å². The molecule has 0 unspecified atom stereocenters. The second-order valence-corrected chi connectivity index (χ2v) is 7.72. The summed E-state index contributed by atoms with van der Waals surface area (Å²) in [6.45, 7) is 3.78. The summed E-state index contributed by atoms with van der Waals surface area (Å²) in [5.74, 6) is 1.28. The second kappa shape index (κ2) is 7.63. The molecule has 0 aliphatic carbocycles. The zero-order valence-electron chi connectivity index (χ0n) is 15.2. The molecule has 8 heteroatoms. The molecule has 0 saturated carbocycles. The number of rotatable bonds is 6. The van der Waals surface area contributed by atoms with Crippen molar-refractivity contribution in [3.8, 4) is 5.75 Å². The first-order valence-electron chi connectivity index (χ1n) is 8.22. The Morgan fingerprint density at radius 2 is 1.67 bits per heavy atom. The fourth-order valence-corrected chi connectivity index (χ4v) is 3.62. The molecule has 3 rings (SSSR count). The molecule has 0 aliphatic heterocycles. The van der Waals surface area contributed by atoms with E-state index < -0.39 is 10.0 Å². The Morgan fingerprint density at radius 1 is 0.926 bits per heavy atom. The van der Waals surface area contributed by atoms with Gasteiger partial charge in [-0.15, -0.1) is 10.2 Å². The van der Waals surface area contributed by atoms with Crippen molar-refractivity contribution in [2.45, 2.75) is 18.7 Å². The Kier molecular flexibility index (Phi) is 5.27. The maximum Gasteiger partial charge on any atom is 0.263 e. The van der Waals surface area contributed by atoms with Gasteiger partial charge >= 0.3 is 0 Å². The number of sulfonamides is 1. The molecule has 1 heterocycles. The van der Waals surface area contributed by atoms with E-state index in [0.29, 0.717) is 11.6 Å². The van der Waals surface area contributed by atoms with Gasteiger partial charge in [0.15, 0.2) is 11.6 Å². The van der Waals surface area contributed by atoms with Crippen LogP contribution in [0.25, 0.3) is 0 Å². The quantitative estimate of drug-likeness (QED) is 0.674. The van der Waals surface area contributed by atoms with Gasteiger partial charge in [0.2, 0.25) is 0 Å². The lowest BCUT2D eigenvalue weighted by atomic mass is 10.2. The Bertz CT molecular complexity index is 1050. The molecule has 0 amide bonds. The molecule has 0 bridgehead atoms. The zero-order valence-corrected chi connectivity index (χ0v) is 16.0. The van der Waals surface area contributed by atoms with Gasteiger partial charge in [0, 0.05) is 5.69 Å². The van der Waals surface area contributed by atoms with E-state index in [1.807, 2.05) is 31.2 Å². The lowest BCUT2D eigenvalue weighted by Gasteiger charge is -2.10. The van der Waals surface area contributed by atoms with Gasteiger partial charge in [-0.25, -0.2) is 8.42 Å². The molecule has 7 nitrogen and oxygen atoms in total. The fraction of sp³-hybridized carbons (Fsp3) is 0.158. The number of hydrogen-bond donors (Lipinski definition) is 2. The van der Waals surface area contributed by atoms with Crippen LogP contribution in [0.2, 0.25) is 0 Å². The van der Waals surface area contributed by atoms with Gasteiger partial charge in [-0.2, -0.15) is 0 Å². The van der Waals surface area contributed by atoms with Crippen LogP contribution < -0.4 is 14.8 Å². The summed E-state index contributed by atoms with van der Waals surface area (Å²) in [5.41, 5.74) is 2.72. The van der Waals surface area contributed by atoms with Gasteiger partial charge in [-0.3, -0.25) is 4.72 Å². The average molecular weight is 384 g/mol. The first-order valence-corrected chi connectivity index (χ1v) is 9.70. The summed E-state index contributed by atoms with van der Waals surface area (Å²) in [4.78, 5) is 0.129. The molecule has 0 radical (unpaired) electrons. The van der Waals surface area contributed by atoms with Crippen LogP contribution in [0.3, 0.4) is 0 Å². The van der Waals surface area contributed by atoms with Crippen LogP contribution in [0.1, 0.15) is 11.1 Å². The number of benzene rings is 2. The maximum absolute atomic E-state index is 12.5. The third-order valence-corrected chi connectivity index (χ3v) is 5.22. The minimum atomic E-state index is -3.77. The van der Waals surface area contributed by atoms with Crippen molar-refractivity contribution in [3.63, 3.8) is 0 Å². The van der Waals surface area contributed by atoms with E-state index in [0.717, 1.165) is 16.8 Å². The highest BCUT2D eigenvalue weighted by atomic mass is 32.2. The molecule has 27 heavy (non-hydrogen) atoms. The maximum atomic E-state index is 12.5. The summed E-state index contributed by atoms with van der Waals surface area (Å²) in [6.07, 6.45) is 0. The average Bonchev–Trinajstić information content (AvgIpc) is 2.63. The van der Waals surface area contributed by atoms with Gasteiger partial charge in [0.25, 0.3) is 10.0 Å². The number of anilines is 3. The van der Waals surface area contributed by atoms with Crippen LogP contribution in [0.4, 0.5) is 17.3 Å². The number of methoxy groups -OCH3 is 1. The first-order chi connectivity index (χ1) is 12.9. The van der Waals surface area contributed by atoms with Gasteiger partial charge in [0.1, 0.15) is 5.75 Å². The lowest BCUT2D eigenvalue weighted by molar-refractivity contribution is 0.411. The van der Waals surface area contributed by atoms with Crippen molar-refractivity contribution in [1.82, 2.24) is 10.2 Å². The molecular weight excluding hydrogens is 364 g/mol. The van der Waals surface area contributed by atoms with Gasteiger partial charge in [-0.05, 0) is 67.4 Å². The molecule has 0 spiro atoms. The summed E-state index contributed by atoms with van der Waals surface area (Å²) in [5, 5.41) is 11.1. The van der Waals surface area contributed by atoms with Crippen LogP contribution in [-0.2, 0) is 10.0 Å². The highest BCUT2D eigenvalue weighted by Gasteiger charge is 2.16. The topological polar surface area (TPSA) is 93.2 Å². The minimum absolute atomic E-state index is 0.129. The normalized spacial score (nSPS) is 11.1. The highest BCUT2D eigenvalue weighted by Crippen LogP contribution is 2.23. The molecule has 140 valence electrons. The van der Waals surface area contributed by atoms with Crippen molar-refractivity contribution < 1.29 is 13.2 Å². The number of hydrogen-bond acceptors (Lipinski definition) is 6. The van der Waals surface area contributed by atoms with Crippen molar-refractivity contribution in [1.29, 1.82) is 0 Å². The fourth-order valence-electron chi connectivity index (χ4n) is 2.54. The summed E-state index contributed by atoms with van der Waals surface area (Å²) < 4.78 is 32.6. The van der Waals surface area contributed by atoms with Crippen molar-refractivity contribution in [3.05, 3.63) is 65.7 Å². The Hall–Kier alpha value is -3.13. The van der Waals surface area contributed by atoms with Crippen LogP contribution >= 0.6 is 0 Å². The number of ether oxygens (including phenoxy) is 1. The Morgan fingerprint density at radius 3 is 2.30 bits per heavy atom. The summed E-state index contributed by atoms with van der Waals surface area (Å²) in [6, 6.07) is 15.7. The van der Waals surface area contributed by atoms with Crippen molar-refractivity contribution in [2.24, 2.45) is 0 Å². The molecule has 2 N–H and O–H groups in total. The number of aryl methyl sites for hydroxylation is 2. The predicted octanol–water partition coefficient (Wildman–Crippen LogP) is 3.65. The molecule has 0 aliphatic rings. The molecule has 0 atom stereocenters. The van der Waals surface area contributed by atoms with Crippen LogP contribution in [0.15, 0.2) is 59.5 Å². The standard InChI is InChI=1S/C19H20N4O3S/c1-13-5-4-6-15(11-13)20-18-9-10-19(22-21-18)23-27(24,25)16-7-8-17(26-3)14(2)12-16/h4-12H,1-3H3,(H,20,21)(H,22,23). The molecule has 0 saturated heterocycles. The van der Waals surface area contributed by atoms with Crippen LogP contribution in [0.5, 0.6) is 5.75 Å². The number of aromatic nitrogens is 2. The van der Waals surface area contributed by atoms with E-state index in [4.69, 9.17) is 4.74 Å². The smallest absolute Gasteiger partial charge is 0.263 e. The van der Waals surface area contributed by atoms with E-state index in [1.54, 1.807) is 31.2 Å². The predicted molar refractivity (Wildman–Crippen MR) is 105 cm³/mol. The third-order valence-electron chi connectivity index (χ3n) is 3.87. The molecule has 3 aromatic rings. The SMILES string of the molecule is COc1ccc(S(=O)(=O)Nc2ccc(Nc3cccc(C)c3)nn2)cc1C. The molecule has 1 aromatic heterocycles. The van der Waals surface area contributed by atoms with E-state index in [9.17, 15) is 8.42 Å². The van der Waals surface area contributed by atoms with Crippen LogP contribution in [0, 0.1) is 13.8 Å². The third kappa shape index (κ3) is 4.53. The van der Waals surface area contributed by atoms with Gasteiger partial charge < -0.3 is 10.1 Å². The largest absolute Gasteiger partial charge is 0.496 e. The Labute approximate surface area is 158 Å². The first kappa shape index (κ1) is 18.7. The van der Waals surface area contributed by atoms with Gasteiger partial charge in [-0.1, -0.05) is 12.1 Å². The molecule has 0 fully saturated rings. The van der Waals surface area contributed by atoms with E-state index >= 15 is 0 Å². The van der Waals surface area contributed by atoms with Crippen LogP contribution in [-0.4, -0.2) is 25.7 Å². The number of nitrogens with zero attached hydrogens (tertiary/aromatic N) is 2. The van der Waals surface area contributed by atoms with E-state index in [-0.39, 0.29) is 10.7 Å². The summed E-state index contributed by atoms with van der Waals surface area (Å²) >= 11 is 0. The molecular formula is C19H20N4O3S. The second-order valence-electron chi connectivity index (χ2n) is 6.04. The summed E-state index contributed by atoms with van der Waals surface area (Å²) in [7, 11) is -2.23. The van der Waals surface area contributed by atoms with E-state index in [2.05, 4.69) is 20.2 Å². The van der Waals surface area contributed by atoms with Crippen molar-refractivity contribution in [2.75, 3.05) is 17.1 Å².